The van der Waals surface area contributed by atoms with Gasteiger partial charge in [-0.2, -0.15) is 5.10 Å². The standard InChI is InChI=1S/C17H17N3O5/c1-24-13-8-7-11(10-19-20-17(18)23)9-14(13)25-15(16(21)22)12-5-3-2-4-6-12/h2-10,15H,1H3,(H,21,22)(H3,18,20,23). The number of benzene rings is 2. The van der Waals surface area contributed by atoms with Crippen LogP contribution >= 0.6 is 0 Å². The molecule has 0 radical (unpaired) electrons. The van der Waals surface area contributed by atoms with Crippen LogP contribution in [0.4, 0.5) is 4.79 Å². The Kier molecular flexibility index (Phi) is 5.94. The summed E-state index contributed by atoms with van der Waals surface area (Å²) < 4.78 is 10.9. The molecule has 0 aliphatic rings. The molecule has 0 aliphatic carbocycles. The van der Waals surface area contributed by atoms with Gasteiger partial charge in [0.25, 0.3) is 0 Å². The maximum Gasteiger partial charge on any atom is 0.349 e. The number of aliphatic carboxylic acids is 1. The summed E-state index contributed by atoms with van der Waals surface area (Å²) in [6.45, 7) is 0. The van der Waals surface area contributed by atoms with E-state index in [0.29, 0.717) is 16.9 Å². The molecule has 2 aromatic rings. The number of hydrogen-bond acceptors (Lipinski definition) is 5. The number of hydrazone groups is 1. The highest BCUT2D eigenvalue weighted by atomic mass is 16.5. The highest BCUT2D eigenvalue weighted by Gasteiger charge is 2.23. The van der Waals surface area contributed by atoms with Crippen LogP contribution in [0.3, 0.4) is 0 Å². The van der Waals surface area contributed by atoms with Crippen LogP contribution in [0.25, 0.3) is 0 Å². The van der Waals surface area contributed by atoms with Crippen molar-refractivity contribution >= 4 is 18.2 Å². The van der Waals surface area contributed by atoms with E-state index in [4.69, 9.17) is 15.2 Å². The number of ether oxygens (including phenoxy) is 2. The van der Waals surface area contributed by atoms with Gasteiger partial charge >= 0.3 is 12.0 Å². The Morgan fingerprint density at radius 3 is 2.52 bits per heavy atom. The van der Waals surface area contributed by atoms with Gasteiger partial charge in [0.15, 0.2) is 11.5 Å². The van der Waals surface area contributed by atoms with Crippen molar-refractivity contribution < 1.29 is 24.2 Å². The Balaban J connectivity index is 2.30. The number of amides is 2. The molecule has 0 aliphatic heterocycles. The minimum absolute atomic E-state index is 0.224. The summed E-state index contributed by atoms with van der Waals surface area (Å²) >= 11 is 0. The fourth-order valence-corrected chi connectivity index (χ4v) is 2.05. The van der Waals surface area contributed by atoms with Crippen molar-refractivity contribution in [3.63, 3.8) is 0 Å². The number of nitrogens with one attached hydrogen (secondary N) is 1. The first kappa shape index (κ1) is 17.8. The molecule has 2 rings (SSSR count). The van der Waals surface area contributed by atoms with E-state index in [1.807, 2.05) is 0 Å². The second-order valence-corrected chi connectivity index (χ2v) is 4.89. The summed E-state index contributed by atoms with van der Waals surface area (Å²) in [6, 6.07) is 12.6. The summed E-state index contributed by atoms with van der Waals surface area (Å²) in [4.78, 5) is 22.2. The van der Waals surface area contributed by atoms with Crippen LogP contribution in [0.5, 0.6) is 11.5 Å². The Morgan fingerprint density at radius 2 is 1.92 bits per heavy atom. The third-order valence-electron chi connectivity index (χ3n) is 3.15. The molecule has 0 bridgehead atoms. The first-order valence-corrected chi connectivity index (χ1v) is 7.22. The molecule has 8 heteroatoms. The van der Waals surface area contributed by atoms with Gasteiger partial charge in [0.1, 0.15) is 0 Å². The van der Waals surface area contributed by atoms with Gasteiger partial charge < -0.3 is 20.3 Å². The lowest BCUT2D eigenvalue weighted by Gasteiger charge is -2.17. The van der Waals surface area contributed by atoms with E-state index in [1.54, 1.807) is 48.5 Å². The van der Waals surface area contributed by atoms with Crippen molar-refractivity contribution in [3.8, 4) is 11.5 Å². The number of nitrogens with two attached hydrogens (primary N) is 1. The van der Waals surface area contributed by atoms with E-state index < -0.39 is 18.1 Å². The first-order chi connectivity index (χ1) is 12.0. The predicted molar refractivity (Wildman–Crippen MR) is 90.8 cm³/mol. The van der Waals surface area contributed by atoms with Gasteiger partial charge in [-0.15, -0.1) is 0 Å². The quantitative estimate of drug-likeness (QED) is 0.523. The fraction of sp³-hybridized carbons (Fsp3) is 0.118. The van der Waals surface area contributed by atoms with Crippen molar-refractivity contribution in [1.82, 2.24) is 5.43 Å². The minimum atomic E-state index is -1.20. The monoisotopic (exact) mass is 343 g/mol. The molecule has 25 heavy (non-hydrogen) atoms. The molecule has 4 N–H and O–H groups in total. The number of rotatable bonds is 7. The first-order valence-electron chi connectivity index (χ1n) is 7.22. The van der Waals surface area contributed by atoms with E-state index >= 15 is 0 Å². The lowest BCUT2D eigenvalue weighted by molar-refractivity contribution is -0.145. The van der Waals surface area contributed by atoms with E-state index in [-0.39, 0.29) is 5.75 Å². The van der Waals surface area contributed by atoms with Gasteiger partial charge in [0.05, 0.1) is 13.3 Å². The molecule has 0 aromatic heterocycles. The van der Waals surface area contributed by atoms with Crippen molar-refractivity contribution in [2.24, 2.45) is 10.8 Å². The maximum absolute atomic E-state index is 11.6. The van der Waals surface area contributed by atoms with E-state index in [1.165, 1.54) is 13.3 Å². The number of methoxy groups -OCH3 is 1. The molecular formula is C17H17N3O5. The molecule has 1 unspecified atom stereocenters. The lowest BCUT2D eigenvalue weighted by atomic mass is 10.1. The number of carboxylic acids is 1. The van der Waals surface area contributed by atoms with Gasteiger partial charge in [-0.25, -0.2) is 15.0 Å². The fourth-order valence-electron chi connectivity index (χ4n) is 2.05. The largest absolute Gasteiger partial charge is 0.493 e. The van der Waals surface area contributed by atoms with Crippen LogP contribution in [0.15, 0.2) is 53.6 Å². The highest BCUT2D eigenvalue weighted by Crippen LogP contribution is 2.32. The normalized spacial score (nSPS) is 11.7. The molecule has 8 nitrogen and oxygen atoms in total. The summed E-state index contributed by atoms with van der Waals surface area (Å²) in [5, 5.41) is 13.1. The SMILES string of the molecule is COc1ccc(C=NNC(N)=O)cc1OC(C(=O)O)c1ccccc1. The predicted octanol–water partition coefficient (Wildman–Crippen LogP) is 1.90. The zero-order chi connectivity index (χ0) is 18.2. The zero-order valence-electron chi connectivity index (χ0n) is 13.4. The number of carboxylic acid groups (broad SMARTS) is 1. The number of urea groups is 1. The third kappa shape index (κ3) is 4.96. The number of carbonyl (C=O) groups is 2. The molecule has 0 spiro atoms. The second kappa shape index (κ2) is 8.34. The van der Waals surface area contributed by atoms with Crippen LogP contribution in [0.2, 0.25) is 0 Å². The molecule has 0 saturated heterocycles. The molecular weight excluding hydrogens is 326 g/mol. The zero-order valence-corrected chi connectivity index (χ0v) is 13.4. The van der Waals surface area contributed by atoms with Crippen molar-refractivity contribution in [3.05, 3.63) is 59.7 Å². The molecule has 130 valence electrons. The van der Waals surface area contributed by atoms with Crippen molar-refractivity contribution in [2.75, 3.05) is 7.11 Å². The minimum Gasteiger partial charge on any atom is -0.493 e. The molecule has 0 saturated carbocycles. The Bertz CT molecular complexity index is 777. The lowest BCUT2D eigenvalue weighted by Crippen LogP contribution is -2.24. The average Bonchev–Trinajstić information content (AvgIpc) is 2.60. The summed E-state index contributed by atoms with van der Waals surface area (Å²) in [7, 11) is 1.45. The van der Waals surface area contributed by atoms with Gasteiger partial charge in [0.2, 0.25) is 6.10 Å². The van der Waals surface area contributed by atoms with Crippen LogP contribution in [0, 0.1) is 0 Å². The average molecular weight is 343 g/mol. The summed E-state index contributed by atoms with van der Waals surface area (Å²) in [5.74, 6) is -0.549. The molecule has 2 amide bonds. The number of hydrogen-bond donors (Lipinski definition) is 3. The van der Waals surface area contributed by atoms with E-state index in [9.17, 15) is 14.7 Å². The van der Waals surface area contributed by atoms with E-state index in [2.05, 4.69) is 10.5 Å². The van der Waals surface area contributed by atoms with Gasteiger partial charge in [-0.3, -0.25) is 0 Å². The molecule has 1 atom stereocenters. The van der Waals surface area contributed by atoms with E-state index in [0.717, 1.165) is 0 Å². The van der Waals surface area contributed by atoms with Crippen molar-refractivity contribution in [2.45, 2.75) is 6.10 Å². The topological polar surface area (TPSA) is 123 Å². The van der Waals surface area contributed by atoms with Gasteiger partial charge in [-0.1, -0.05) is 30.3 Å². The number of primary amides is 1. The van der Waals surface area contributed by atoms with Gasteiger partial charge in [0, 0.05) is 5.56 Å². The molecule has 0 fully saturated rings. The van der Waals surface area contributed by atoms with Crippen molar-refractivity contribution in [1.29, 1.82) is 0 Å². The second-order valence-electron chi connectivity index (χ2n) is 4.89. The van der Waals surface area contributed by atoms with Gasteiger partial charge in [-0.05, 0) is 23.8 Å². The van der Waals surface area contributed by atoms with Crippen LogP contribution in [0.1, 0.15) is 17.2 Å². The van der Waals surface area contributed by atoms with Crippen LogP contribution < -0.4 is 20.6 Å². The summed E-state index contributed by atoms with van der Waals surface area (Å²) in [6.07, 6.45) is 0.140. The Labute approximate surface area is 143 Å². The smallest absolute Gasteiger partial charge is 0.349 e. The molecule has 0 heterocycles. The summed E-state index contributed by atoms with van der Waals surface area (Å²) in [5.41, 5.74) is 8.04. The highest BCUT2D eigenvalue weighted by molar-refractivity contribution is 5.82. The number of nitrogens with zero attached hydrogens (tertiary/aromatic N) is 1. The number of carbonyl (C=O) groups excluding carboxylic acids is 1. The van der Waals surface area contributed by atoms with Crippen LogP contribution in [-0.4, -0.2) is 30.4 Å². The maximum atomic E-state index is 11.6. The Morgan fingerprint density at radius 1 is 1.20 bits per heavy atom. The Hall–Kier alpha value is -3.55. The third-order valence-corrected chi connectivity index (χ3v) is 3.15. The van der Waals surface area contributed by atoms with Crippen LogP contribution in [-0.2, 0) is 4.79 Å². The molecule has 2 aromatic carbocycles.